The SMILES string of the molecule is Cc1cn(-c2ccc3n(c2=O)CCN(CCOc2ccc(F)cc2C2(C(F)(F)F)CCO2)C3=O)cn1. The van der Waals surface area contributed by atoms with Gasteiger partial charge in [-0.1, -0.05) is 0 Å². The zero-order chi connectivity index (χ0) is 25.7. The molecule has 1 aromatic carbocycles. The molecule has 3 aromatic rings. The number of amides is 1. The normalized spacial score (nSPS) is 19.7. The van der Waals surface area contributed by atoms with Gasteiger partial charge >= 0.3 is 6.18 Å². The van der Waals surface area contributed by atoms with Crippen molar-refractivity contribution in [3.8, 4) is 11.4 Å². The van der Waals surface area contributed by atoms with Gasteiger partial charge in [0.2, 0.25) is 0 Å². The van der Waals surface area contributed by atoms with Crippen LogP contribution in [0.15, 0.2) is 47.7 Å². The summed E-state index contributed by atoms with van der Waals surface area (Å²) in [6.07, 6.45) is -1.86. The number of pyridine rings is 1. The zero-order valence-corrected chi connectivity index (χ0v) is 19.2. The number of fused-ring (bicyclic) bond motifs is 1. The monoisotopic (exact) mass is 506 g/mol. The molecule has 4 heterocycles. The number of carbonyl (C=O) groups is 1. The van der Waals surface area contributed by atoms with Crippen LogP contribution in [0.25, 0.3) is 5.69 Å². The van der Waals surface area contributed by atoms with E-state index in [1.165, 1.54) is 15.8 Å². The van der Waals surface area contributed by atoms with E-state index in [0.29, 0.717) is 5.69 Å². The molecule has 2 aromatic heterocycles. The summed E-state index contributed by atoms with van der Waals surface area (Å²) < 4.78 is 68.5. The standard InChI is InChI=1S/C24H22F4N4O4/c1-15-13-31(14-29-15)18-3-4-19-21(33)30(7-8-32(19)22(18)34)9-11-35-20-5-2-16(25)12-17(20)23(6-10-36-23)24(26,27)28/h2-5,12-14H,6-11H2,1H3. The number of ether oxygens (including phenoxy) is 2. The maximum Gasteiger partial charge on any atom is 0.421 e. The number of hydrogen-bond donors (Lipinski definition) is 0. The molecule has 2 aliphatic rings. The van der Waals surface area contributed by atoms with Crippen molar-refractivity contribution in [1.29, 1.82) is 0 Å². The van der Waals surface area contributed by atoms with E-state index >= 15 is 0 Å². The number of halogens is 4. The van der Waals surface area contributed by atoms with Crippen molar-refractivity contribution in [1.82, 2.24) is 19.0 Å². The van der Waals surface area contributed by atoms with Crippen LogP contribution >= 0.6 is 0 Å². The highest BCUT2D eigenvalue weighted by atomic mass is 19.4. The Labute approximate surface area is 202 Å². The highest BCUT2D eigenvalue weighted by Crippen LogP contribution is 2.52. The molecule has 12 heteroatoms. The second kappa shape index (κ2) is 8.77. The van der Waals surface area contributed by atoms with Crippen molar-refractivity contribution in [2.24, 2.45) is 0 Å². The summed E-state index contributed by atoms with van der Waals surface area (Å²) >= 11 is 0. The van der Waals surface area contributed by atoms with Gasteiger partial charge in [-0.25, -0.2) is 9.37 Å². The topological polar surface area (TPSA) is 78.6 Å². The second-order valence-electron chi connectivity index (χ2n) is 8.69. The van der Waals surface area contributed by atoms with Gasteiger partial charge in [-0.15, -0.1) is 0 Å². The molecule has 2 aliphatic heterocycles. The quantitative estimate of drug-likeness (QED) is 0.480. The van der Waals surface area contributed by atoms with Gasteiger partial charge in [0.15, 0.2) is 5.60 Å². The van der Waals surface area contributed by atoms with Crippen LogP contribution in [-0.4, -0.2) is 57.4 Å². The zero-order valence-electron chi connectivity index (χ0n) is 19.2. The van der Waals surface area contributed by atoms with Crippen molar-refractivity contribution in [3.63, 3.8) is 0 Å². The number of rotatable bonds is 6. The molecule has 36 heavy (non-hydrogen) atoms. The number of carbonyl (C=O) groups excluding carboxylic acids is 1. The van der Waals surface area contributed by atoms with E-state index in [4.69, 9.17) is 9.47 Å². The van der Waals surface area contributed by atoms with E-state index in [1.807, 2.05) is 0 Å². The number of nitrogens with zero attached hydrogens (tertiary/aromatic N) is 4. The van der Waals surface area contributed by atoms with Crippen LogP contribution < -0.4 is 10.3 Å². The molecule has 0 N–H and O–H groups in total. The molecule has 0 spiro atoms. The molecule has 5 rings (SSSR count). The van der Waals surface area contributed by atoms with Gasteiger partial charge in [-0.3, -0.25) is 9.59 Å². The first-order valence-corrected chi connectivity index (χ1v) is 11.3. The summed E-state index contributed by atoms with van der Waals surface area (Å²) in [4.78, 5) is 31.5. The van der Waals surface area contributed by atoms with Gasteiger partial charge in [-0.2, -0.15) is 13.2 Å². The molecule has 1 amide bonds. The maximum atomic E-state index is 13.8. The third kappa shape index (κ3) is 3.94. The minimum absolute atomic E-state index is 0.0617. The van der Waals surface area contributed by atoms with E-state index < -0.39 is 29.1 Å². The summed E-state index contributed by atoms with van der Waals surface area (Å²) in [5.74, 6) is -1.39. The molecule has 190 valence electrons. The highest BCUT2D eigenvalue weighted by Gasteiger charge is 2.62. The number of benzene rings is 1. The minimum Gasteiger partial charge on any atom is -0.491 e. The van der Waals surface area contributed by atoms with Crippen molar-refractivity contribution < 1.29 is 31.8 Å². The number of aromatic nitrogens is 3. The second-order valence-corrected chi connectivity index (χ2v) is 8.69. The predicted molar refractivity (Wildman–Crippen MR) is 119 cm³/mol. The van der Waals surface area contributed by atoms with Gasteiger partial charge in [0.05, 0.1) is 25.2 Å². The largest absolute Gasteiger partial charge is 0.491 e. The molecule has 1 unspecified atom stereocenters. The molecule has 0 saturated carbocycles. The molecular weight excluding hydrogens is 484 g/mol. The summed E-state index contributed by atoms with van der Waals surface area (Å²) in [7, 11) is 0. The third-order valence-electron chi connectivity index (χ3n) is 6.50. The van der Waals surface area contributed by atoms with Crippen molar-refractivity contribution in [2.75, 3.05) is 26.3 Å². The molecule has 1 fully saturated rings. The summed E-state index contributed by atoms with van der Waals surface area (Å²) in [6, 6.07) is 6.02. The smallest absolute Gasteiger partial charge is 0.421 e. The van der Waals surface area contributed by atoms with Crippen LogP contribution in [0.1, 0.15) is 28.2 Å². The first kappa shape index (κ1) is 24.0. The molecule has 0 bridgehead atoms. The number of aryl methyl sites for hydroxylation is 1. The van der Waals surface area contributed by atoms with Gasteiger partial charge in [0, 0.05) is 31.3 Å². The molecule has 1 saturated heterocycles. The van der Waals surface area contributed by atoms with E-state index in [1.54, 1.807) is 29.8 Å². The van der Waals surface area contributed by atoms with E-state index in [2.05, 4.69) is 4.98 Å². The highest BCUT2D eigenvalue weighted by molar-refractivity contribution is 5.93. The number of hydrogen-bond acceptors (Lipinski definition) is 5. The third-order valence-corrected chi connectivity index (χ3v) is 6.50. The number of alkyl halides is 3. The minimum atomic E-state index is -4.74. The Bertz CT molecular complexity index is 1380. The van der Waals surface area contributed by atoms with Gasteiger partial charge in [-0.05, 0) is 37.3 Å². The van der Waals surface area contributed by atoms with Crippen molar-refractivity contribution >= 4 is 5.91 Å². The Hall–Kier alpha value is -3.67. The number of imidazole rings is 1. The molecule has 0 radical (unpaired) electrons. The Morgan fingerprint density at radius 2 is 1.94 bits per heavy atom. The van der Waals surface area contributed by atoms with Gasteiger partial charge in [0.1, 0.15) is 29.6 Å². The Morgan fingerprint density at radius 1 is 1.17 bits per heavy atom. The lowest BCUT2D eigenvalue weighted by molar-refractivity contribution is -0.334. The lowest BCUT2D eigenvalue weighted by Gasteiger charge is -2.43. The van der Waals surface area contributed by atoms with Crippen molar-refractivity contribution in [2.45, 2.75) is 31.7 Å². The first-order chi connectivity index (χ1) is 17.1. The van der Waals surface area contributed by atoms with Crippen LogP contribution in [0.5, 0.6) is 5.75 Å². The lowest BCUT2D eigenvalue weighted by Crippen LogP contribution is -2.53. The average Bonchev–Trinajstić information content (AvgIpc) is 3.21. The predicted octanol–water partition coefficient (Wildman–Crippen LogP) is 3.19. The van der Waals surface area contributed by atoms with E-state index in [9.17, 15) is 27.2 Å². The molecule has 0 aliphatic carbocycles. The molecule has 8 nitrogen and oxygen atoms in total. The van der Waals surface area contributed by atoms with Crippen LogP contribution in [0.2, 0.25) is 0 Å². The van der Waals surface area contributed by atoms with Gasteiger partial charge in [0.25, 0.3) is 11.5 Å². The van der Waals surface area contributed by atoms with E-state index in [0.717, 1.165) is 23.9 Å². The average molecular weight is 506 g/mol. The maximum absolute atomic E-state index is 13.8. The Morgan fingerprint density at radius 3 is 2.58 bits per heavy atom. The molecule has 1 atom stereocenters. The molecular formula is C24H22F4N4O4. The summed E-state index contributed by atoms with van der Waals surface area (Å²) in [5, 5.41) is 0. The summed E-state index contributed by atoms with van der Waals surface area (Å²) in [5.41, 5.74) is -2.06. The van der Waals surface area contributed by atoms with Crippen LogP contribution in [0.3, 0.4) is 0 Å². The Balaban J connectivity index is 1.31. The Kier molecular flexibility index (Phi) is 5.86. The van der Waals surface area contributed by atoms with Gasteiger partial charge < -0.3 is 23.5 Å². The first-order valence-electron chi connectivity index (χ1n) is 11.3. The fraction of sp³-hybridized carbons (Fsp3) is 0.375. The van der Waals surface area contributed by atoms with Crippen LogP contribution in [0, 0.1) is 12.7 Å². The van der Waals surface area contributed by atoms with Crippen LogP contribution in [0.4, 0.5) is 17.6 Å². The van der Waals surface area contributed by atoms with E-state index in [-0.39, 0.29) is 56.3 Å². The van der Waals surface area contributed by atoms with Crippen molar-refractivity contribution in [3.05, 3.63) is 76.0 Å². The lowest BCUT2D eigenvalue weighted by atomic mass is 9.85. The summed E-state index contributed by atoms with van der Waals surface area (Å²) in [6.45, 7) is 2.09. The van der Waals surface area contributed by atoms with Crippen LogP contribution in [-0.2, 0) is 16.9 Å². The fourth-order valence-corrected chi connectivity index (χ4v) is 4.53. The fourth-order valence-electron chi connectivity index (χ4n) is 4.53.